The monoisotopic (exact) mass is 256 g/mol. The van der Waals surface area contributed by atoms with Crippen molar-refractivity contribution in [2.75, 3.05) is 6.54 Å². The molecule has 0 aromatic heterocycles. The van der Waals surface area contributed by atoms with Gasteiger partial charge in [0.1, 0.15) is 0 Å². The number of carbonyl (C=O) groups excluding carboxylic acids is 1. The van der Waals surface area contributed by atoms with E-state index in [1.807, 2.05) is 27.7 Å². The Kier molecular flexibility index (Phi) is 4.24. The number of amides is 2. The van der Waals surface area contributed by atoms with Gasteiger partial charge in [-0.2, -0.15) is 0 Å². The van der Waals surface area contributed by atoms with Gasteiger partial charge in [0, 0.05) is 12.1 Å². The Labute approximate surface area is 108 Å². The average Bonchev–Trinajstić information content (AvgIpc) is 2.88. The predicted octanol–water partition coefficient (Wildman–Crippen LogP) is 1.98. The molecule has 1 aliphatic carbocycles. The molecule has 2 amide bonds. The van der Waals surface area contributed by atoms with Gasteiger partial charge in [0.2, 0.25) is 0 Å². The fourth-order valence-electron chi connectivity index (χ4n) is 1.83. The third kappa shape index (κ3) is 5.38. The smallest absolute Gasteiger partial charge is 0.315 e. The first-order valence-electron chi connectivity index (χ1n) is 6.40. The number of nitrogens with one attached hydrogen (secondary N) is 2. The van der Waals surface area contributed by atoms with Gasteiger partial charge in [-0.05, 0) is 31.6 Å². The minimum atomic E-state index is -0.858. The van der Waals surface area contributed by atoms with Gasteiger partial charge < -0.3 is 15.7 Å². The molecule has 0 radical (unpaired) electrons. The van der Waals surface area contributed by atoms with Gasteiger partial charge in [-0.1, -0.05) is 20.8 Å². The van der Waals surface area contributed by atoms with Crippen LogP contribution in [0.2, 0.25) is 0 Å². The molecule has 0 aromatic rings. The molecule has 5 nitrogen and oxygen atoms in total. The Morgan fingerprint density at radius 2 is 1.89 bits per heavy atom. The van der Waals surface area contributed by atoms with Crippen LogP contribution in [0, 0.1) is 11.3 Å². The maximum atomic E-state index is 11.6. The second kappa shape index (κ2) is 5.16. The molecule has 0 heterocycles. The SMILES string of the molecule is CC(C)(C)CC(CNC(=O)NC1(C)CC1)C(=O)O. The van der Waals surface area contributed by atoms with Crippen molar-refractivity contribution in [1.82, 2.24) is 10.6 Å². The van der Waals surface area contributed by atoms with Crippen LogP contribution in [-0.2, 0) is 4.79 Å². The number of aliphatic carboxylic acids is 1. The summed E-state index contributed by atoms with van der Waals surface area (Å²) >= 11 is 0. The highest BCUT2D eigenvalue weighted by atomic mass is 16.4. The van der Waals surface area contributed by atoms with Crippen LogP contribution in [0.3, 0.4) is 0 Å². The van der Waals surface area contributed by atoms with Crippen molar-refractivity contribution in [1.29, 1.82) is 0 Å². The van der Waals surface area contributed by atoms with E-state index in [9.17, 15) is 9.59 Å². The van der Waals surface area contributed by atoms with E-state index in [0.717, 1.165) is 12.8 Å². The summed E-state index contributed by atoms with van der Waals surface area (Å²) in [5, 5.41) is 14.6. The van der Waals surface area contributed by atoms with Gasteiger partial charge in [0.25, 0.3) is 0 Å². The molecule has 104 valence electrons. The summed E-state index contributed by atoms with van der Waals surface area (Å²) in [6, 6.07) is -0.268. The Morgan fingerprint density at radius 1 is 1.33 bits per heavy atom. The van der Waals surface area contributed by atoms with E-state index in [4.69, 9.17) is 5.11 Å². The van der Waals surface area contributed by atoms with Crippen molar-refractivity contribution >= 4 is 12.0 Å². The number of rotatable bonds is 5. The molecule has 1 unspecified atom stereocenters. The topological polar surface area (TPSA) is 78.4 Å². The molecule has 0 aromatic carbocycles. The van der Waals surface area contributed by atoms with Gasteiger partial charge in [0.15, 0.2) is 0 Å². The molecule has 1 fully saturated rings. The molecule has 18 heavy (non-hydrogen) atoms. The molecular formula is C13H24N2O3. The third-order valence-electron chi connectivity index (χ3n) is 3.13. The molecule has 1 saturated carbocycles. The number of urea groups is 1. The van der Waals surface area contributed by atoms with Crippen LogP contribution in [0.4, 0.5) is 4.79 Å². The standard InChI is InChI=1S/C13H24N2O3/c1-12(2,3)7-9(10(16)17)8-14-11(18)15-13(4)5-6-13/h9H,5-8H2,1-4H3,(H,16,17)(H2,14,15,18). The van der Waals surface area contributed by atoms with Crippen molar-refractivity contribution < 1.29 is 14.7 Å². The third-order valence-corrected chi connectivity index (χ3v) is 3.13. The summed E-state index contributed by atoms with van der Waals surface area (Å²) in [5.74, 6) is -1.40. The Morgan fingerprint density at radius 3 is 2.28 bits per heavy atom. The highest BCUT2D eigenvalue weighted by Crippen LogP contribution is 2.34. The lowest BCUT2D eigenvalue weighted by Gasteiger charge is -2.23. The lowest BCUT2D eigenvalue weighted by Crippen LogP contribution is -2.45. The quantitative estimate of drug-likeness (QED) is 0.703. The van der Waals surface area contributed by atoms with Crippen LogP contribution in [0.1, 0.15) is 47.0 Å². The summed E-state index contributed by atoms with van der Waals surface area (Å²) < 4.78 is 0. The summed E-state index contributed by atoms with van der Waals surface area (Å²) in [4.78, 5) is 22.7. The number of carboxylic acid groups (broad SMARTS) is 1. The molecule has 3 N–H and O–H groups in total. The van der Waals surface area contributed by atoms with Gasteiger partial charge >= 0.3 is 12.0 Å². The molecule has 0 spiro atoms. The highest BCUT2D eigenvalue weighted by Gasteiger charge is 2.38. The zero-order valence-electron chi connectivity index (χ0n) is 11.7. The van der Waals surface area contributed by atoms with Gasteiger partial charge in [-0.15, -0.1) is 0 Å². The van der Waals surface area contributed by atoms with E-state index in [-0.39, 0.29) is 23.5 Å². The minimum absolute atomic E-state index is 0.0658. The fourth-order valence-corrected chi connectivity index (χ4v) is 1.83. The minimum Gasteiger partial charge on any atom is -0.481 e. The molecule has 0 bridgehead atoms. The van der Waals surface area contributed by atoms with Crippen LogP contribution in [0.25, 0.3) is 0 Å². The van der Waals surface area contributed by atoms with E-state index >= 15 is 0 Å². The van der Waals surface area contributed by atoms with Crippen molar-refractivity contribution in [2.24, 2.45) is 11.3 Å². The maximum Gasteiger partial charge on any atom is 0.315 e. The number of hydrogen-bond acceptors (Lipinski definition) is 2. The van der Waals surface area contributed by atoms with E-state index in [1.165, 1.54) is 0 Å². The normalized spacial score (nSPS) is 18.9. The van der Waals surface area contributed by atoms with Crippen LogP contribution in [0.5, 0.6) is 0 Å². The van der Waals surface area contributed by atoms with Crippen molar-refractivity contribution in [2.45, 2.75) is 52.5 Å². The van der Waals surface area contributed by atoms with E-state index in [1.54, 1.807) is 0 Å². The maximum absolute atomic E-state index is 11.6. The van der Waals surface area contributed by atoms with Crippen molar-refractivity contribution in [3.8, 4) is 0 Å². The van der Waals surface area contributed by atoms with Crippen LogP contribution in [0.15, 0.2) is 0 Å². The average molecular weight is 256 g/mol. The summed E-state index contributed by atoms with van der Waals surface area (Å²) in [6.07, 6.45) is 2.52. The number of carbonyl (C=O) groups is 2. The van der Waals surface area contributed by atoms with E-state index in [2.05, 4.69) is 10.6 Å². The van der Waals surface area contributed by atoms with E-state index in [0.29, 0.717) is 6.42 Å². The first-order chi connectivity index (χ1) is 8.11. The fraction of sp³-hybridized carbons (Fsp3) is 0.846. The van der Waals surface area contributed by atoms with Crippen LogP contribution >= 0.6 is 0 Å². The van der Waals surface area contributed by atoms with Crippen LogP contribution in [-0.4, -0.2) is 29.2 Å². The summed E-state index contributed by atoms with van der Waals surface area (Å²) in [7, 11) is 0. The molecule has 5 heteroatoms. The number of carboxylic acids is 1. The van der Waals surface area contributed by atoms with Crippen LogP contribution < -0.4 is 10.6 Å². The second-order valence-corrected chi connectivity index (χ2v) is 6.70. The van der Waals surface area contributed by atoms with E-state index < -0.39 is 11.9 Å². The lowest BCUT2D eigenvalue weighted by molar-refractivity contribution is -0.142. The largest absolute Gasteiger partial charge is 0.481 e. The zero-order chi connectivity index (χ0) is 14.0. The molecule has 0 saturated heterocycles. The Hall–Kier alpha value is -1.26. The van der Waals surface area contributed by atoms with Gasteiger partial charge in [-0.3, -0.25) is 4.79 Å². The molecule has 1 rings (SSSR count). The van der Waals surface area contributed by atoms with Crippen molar-refractivity contribution in [3.05, 3.63) is 0 Å². The molecule has 1 atom stereocenters. The van der Waals surface area contributed by atoms with Gasteiger partial charge in [-0.25, -0.2) is 4.79 Å². The summed E-state index contributed by atoms with van der Waals surface area (Å²) in [6.45, 7) is 8.14. The first-order valence-corrected chi connectivity index (χ1v) is 6.40. The first kappa shape index (κ1) is 14.8. The Bertz CT molecular complexity index is 330. The predicted molar refractivity (Wildman–Crippen MR) is 69.4 cm³/mol. The second-order valence-electron chi connectivity index (χ2n) is 6.70. The molecular weight excluding hydrogens is 232 g/mol. The Balaban J connectivity index is 2.37. The lowest BCUT2D eigenvalue weighted by atomic mass is 9.84. The zero-order valence-corrected chi connectivity index (χ0v) is 11.7. The van der Waals surface area contributed by atoms with Gasteiger partial charge in [0.05, 0.1) is 5.92 Å². The highest BCUT2D eigenvalue weighted by molar-refractivity contribution is 5.76. The summed E-state index contributed by atoms with van der Waals surface area (Å²) in [5.41, 5.74) is -0.142. The molecule has 0 aliphatic heterocycles. The van der Waals surface area contributed by atoms with Crippen molar-refractivity contribution in [3.63, 3.8) is 0 Å². The molecule has 1 aliphatic rings. The number of hydrogen-bond donors (Lipinski definition) is 3.